The van der Waals surface area contributed by atoms with Gasteiger partial charge in [-0.05, 0) is 69.2 Å². The van der Waals surface area contributed by atoms with Gasteiger partial charge in [-0.3, -0.25) is 0 Å². The Morgan fingerprint density at radius 1 is 1.30 bits per heavy atom. The van der Waals surface area contributed by atoms with E-state index < -0.39 is 0 Å². The highest BCUT2D eigenvalue weighted by Gasteiger charge is 2.35. The second kappa shape index (κ2) is 10.8. The summed E-state index contributed by atoms with van der Waals surface area (Å²) in [6.45, 7) is 11.5. The molecule has 2 aliphatic rings. The van der Waals surface area contributed by atoms with Crippen LogP contribution in [0.1, 0.15) is 69.9 Å². The van der Waals surface area contributed by atoms with Crippen molar-refractivity contribution >= 4 is 5.57 Å². The smallest absolute Gasteiger partial charge is 0.0991 e. The minimum Gasteiger partial charge on any atom is -0.307 e. The molecule has 1 aromatic carbocycles. The van der Waals surface area contributed by atoms with Gasteiger partial charge in [-0.1, -0.05) is 55.4 Å². The molecule has 0 radical (unpaired) electrons. The summed E-state index contributed by atoms with van der Waals surface area (Å²) < 4.78 is 0. The molecule has 3 nitrogen and oxygen atoms in total. The average Bonchev–Trinajstić information content (AvgIpc) is 3.31. The van der Waals surface area contributed by atoms with Crippen LogP contribution in [0.5, 0.6) is 0 Å². The van der Waals surface area contributed by atoms with Gasteiger partial charge in [0.25, 0.3) is 0 Å². The Balaban J connectivity index is 1.67. The predicted octanol–water partition coefficient (Wildman–Crippen LogP) is 5.85. The first-order valence-corrected chi connectivity index (χ1v) is 11.5. The lowest BCUT2D eigenvalue weighted by atomic mass is 9.83. The number of hydrogen-bond acceptors (Lipinski definition) is 3. The summed E-state index contributed by atoms with van der Waals surface area (Å²) in [5.41, 5.74) is 4.33. The van der Waals surface area contributed by atoms with Gasteiger partial charge in [0, 0.05) is 31.2 Å². The molecule has 1 saturated heterocycles. The van der Waals surface area contributed by atoms with Gasteiger partial charge in [0.15, 0.2) is 0 Å². The fourth-order valence-electron chi connectivity index (χ4n) is 4.92. The largest absolute Gasteiger partial charge is 0.307 e. The zero-order valence-corrected chi connectivity index (χ0v) is 18.8. The first-order chi connectivity index (χ1) is 14.5. The van der Waals surface area contributed by atoms with E-state index in [1.165, 1.54) is 62.8 Å². The number of nitrogens with zero attached hydrogens (tertiary/aromatic N) is 2. The first-order valence-electron chi connectivity index (χ1n) is 11.5. The molecule has 1 aliphatic carbocycles. The van der Waals surface area contributed by atoms with E-state index in [9.17, 15) is 5.26 Å². The van der Waals surface area contributed by atoms with Gasteiger partial charge in [0.05, 0.1) is 11.6 Å². The van der Waals surface area contributed by atoms with Crippen molar-refractivity contribution < 1.29 is 0 Å². The molecule has 0 amide bonds. The van der Waals surface area contributed by atoms with E-state index in [1.807, 2.05) is 18.2 Å². The SMILES string of the molecule is C=C(C)CNC1(C/C=C\C(=C/C)c2cccc(C#N)c2)CCN(C2CCCC2)CC1. The molecule has 1 saturated carbocycles. The van der Waals surface area contributed by atoms with E-state index in [-0.39, 0.29) is 5.54 Å². The fourth-order valence-corrected chi connectivity index (χ4v) is 4.92. The molecule has 0 bridgehead atoms. The van der Waals surface area contributed by atoms with Crippen LogP contribution in [0.3, 0.4) is 0 Å². The number of allylic oxidation sites excluding steroid dienone is 3. The average molecular weight is 404 g/mol. The highest BCUT2D eigenvalue weighted by molar-refractivity contribution is 5.74. The van der Waals surface area contributed by atoms with Gasteiger partial charge in [-0.25, -0.2) is 0 Å². The van der Waals surface area contributed by atoms with Crippen molar-refractivity contribution in [1.29, 1.82) is 5.26 Å². The van der Waals surface area contributed by atoms with Crippen LogP contribution >= 0.6 is 0 Å². The summed E-state index contributed by atoms with van der Waals surface area (Å²) in [6.07, 6.45) is 15.7. The van der Waals surface area contributed by atoms with Crippen LogP contribution in [-0.4, -0.2) is 36.1 Å². The Morgan fingerprint density at radius 3 is 2.67 bits per heavy atom. The third-order valence-corrected chi connectivity index (χ3v) is 6.80. The lowest BCUT2D eigenvalue weighted by Crippen LogP contribution is -2.55. The standard InChI is InChI=1S/C27H37N3/c1-4-24(25-10-7-9-23(19-25)20-28)11-8-14-27(29-21-22(2)3)15-17-30(18-16-27)26-12-5-6-13-26/h4,7-11,19,26,29H,2,5-6,12-18,21H2,1,3H3/b11-8-,24-4+. The van der Waals surface area contributed by atoms with Gasteiger partial charge < -0.3 is 10.2 Å². The van der Waals surface area contributed by atoms with Crippen molar-refractivity contribution in [1.82, 2.24) is 10.2 Å². The van der Waals surface area contributed by atoms with Crippen molar-refractivity contribution in [3.8, 4) is 6.07 Å². The third-order valence-electron chi connectivity index (χ3n) is 6.80. The van der Waals surface area contributed by atoms with Gasteiger partial charge in [-0.15, -0.1) is 0 Å². The summed E-state index contributed by atoms with van der Waals surface area (Å²) in [6, 6.07) is 10.9. The van der Waals surface area contributed by atoms with Crippen LogP contribution in [0.2, 0.25) is 0 Å². The highest BCUT2D eigenvalue weighted by atomic mass is 15.2. The molecule has 3 rings (SSSR count). The maximum absolute atomic E-state index is 9.19. The van der Waals surface area contributed by atoms with Crippen molar-refractivity contribution in [3.63, 3.8) is 0 Å². The van der Waals surface area contributed by atoms with Crippen LogP contribution < -0.4 is 5.32 Å². The molecule has 0 unspecified atom stereocenters. The minimum absolute atomic E-state index is 0.151. The van der Waals surface area contributed by atoms with E-state index in [2.05, 4.69) is 61.0 Å². The maximum Gasteiger partial charge on any atom is 0.0991 e. The lowest BCUT2D eigenvalue weighted by Gasteiger charge is -2.44. The molecule has 0 atom stereocenters. The van der Waals surface area contributed by atoms with Crippen LogP contribution in [0.4, 0.5) is 0 Å². The molecule has 30 heavy (non-hydrogen) atoms. The van der Waals surface area contributed by atoms with Crippen molar-refractivity contribution in [2.45, 2.75) is 70.4 Å². The Labute approximate surface area is 183 Å². The summed E-state index contributed by atoms with van der Waals surface area (Å²) in [5.74, 6) is 0. The molecule has 1 heterocycles. The molecular weight excluding hydrogens is 366 g/mol. The molecular formula is C27H37N3. The maximum atomic E-state index is 9.19. The molecule has 1 N–H and O–H groups in total. The predicted molar refractivity (Wildman–Crippen MR) is 127 cm³/mol. The summed E-state index contributed by atoms with van der Waals surface area (Å²) >= 11 is 0. The van der Waals surface area contributed by atoms with Crippen LogP contribution in [0.15, 0.2) is 54.6 Å². The van der Waals surface area contributed by atoms with Crippen LogP contribution in [0.25, 0.3) is 5.57 Å². The van der Waals surface area contributed by atoms with Crippen molar-refractivity contribution in [2.24, 2.45) is 0 Å². The zero-order chi connectivity index (χ0) is 21.4. The summed E-state index contributed by atoms with van der Waals surface area (Å²) in [4.78, 5) is 2.74. The third kappa shape index (κ3) is 5.94. The van der Waals surface area contributed by atoms with E-state index in [4.69, 9.17) is 0 Å². The molecule has 160 valence electrons. The fraction of sp³-hybridized carbons (Fsp3) is 0.519. The van der Waals surface area contributed by atoms with Gasteiger partial charge in [-0.2, -0.15) is 5.26 Å². The summed E-state index contributed by atoms with van der Waals surface area (Å²) in [5, 5.41) is 13.0. The van der Waals surface area contributed by atoms with Crippen LogP contribution in [-0.2, 0) is 0 Å². The van der Waals surface area contributed by atoms with E-state index in [0.29, 0.717) is 5.56 Å². The van der Waals surface area contributed by atoms with Gasteiger partial charge >= 0.3 is 0 Å². The second-order valence-electron chi connectivity index (χ2n) is 9.11. The summed E-state index contributed by atoms with van der Waals surface area (Å²) in [7, 11) is 0. The number of piperidine rings is 1. The van der Waals surface area contributed by atoms with E-state index >= 15 is 0 Å². The zero-order valence-electron chi connectivity index (χ0n) is 18.8. The Morgan fingerprint density at radius 2 is 2.03 bits per heavy atom. The Bertz CT molecular complexity index is 813. The first kappa shape index (κ1) is 22.5. The topological polar surface area (TPSA) is 39.1 Å². The number of rotatable bonds is 8. The number of nitrogens with one attached hydrogen (secondary N) is 1. The molecule has 0 spiro atoms. The van der Waals surface area contributed by atoms with Crippen molar-refractivity contribution in [2.75, 3.05) is 19.6 Å². The molecule has 0 aromatic heterocycles. The molecule has 1 aromatic rings. The Kier molecular flexibility index (Phi) is 8.08. The van der Waals surface area contributed by atoms with Gasteiger partial charge in [0.1, 0.15) is 0 Å². The number of hydrogen-bond donors (Lipinski definition) is 1. The minimum atomic E-state index is 0.151. The molecule has 1 aliphatic heterocycles. The lowest BCUT2D eigenvalue weighted by molar-refractivity contribution is 0.102. The number of benzene rings is 1. The number of likely N-dealkylation sites (tertiary alicyclic amines) is 1. The normalized spacial score (nSPS) is 20.5. The van der Waals surface area contributed by atoms with Crippen LogP contribution in [0, 0.1) is 11.3 Å². The van der Waals surface area contributed by atoms with E-state index in [0.717, 1.165) is 24.6 Å². The second-order valence-corrected chi connectivity index (χ2v) is 9.11. The molecule has 3 heteroatoms. The molecule has 2 fully saturated rings. The quantitative estimate of drug-likeness (QED) is 0.437. The highest BCUT2D eigenvalue weighted by Crippen LogP contribution is 2.32. The van der Waals surface area contributed by atoms with E-state index in [1.54, 1.807) is 0 Å². The van der Waals surface area contributed by atoms with Gasteiger partial charge in [0.2, 0.25) is 0 Å². The van der Waals surface area contributed by atoms with Crippen molar-refractivity contribution in [3.05, 3.63) is 65.8 Å². The number of nitriles is 1. The monoisotopic (exact) mass is 403 g/mol. The Hall–Kier alpha value is -2.15.